The van der Waals surface area contributed by atoms with E-state index in [4.69, 9.17) is 4.74 Å². The van der Waals surface area contributed by atoms with Gasteiger partial charge >= 0.3 is 0 Å². The van der Waals surface area contributed by atoms with Gasteiger partial charge in [0.25, 0.3) is 5.91 Å². The monoisotopic (exact) mass is 313 g/mol. The number of rotatable bonds is 6. The second kappa shape index (κ2) is 8.84. The Balaban J connectivity index is 1.84. The number of ether oxygens (including phenoxy) is 1. The number of benzene rings is 1. The van der Waals surface area contributed by atoms with E-state index in [9.17, 15) is 10.1 Å². The van der Waals surface area contributed by atoms with Crippen molar-refractivity contribution in [3.8, 4) is 11.8 Å². The summed E-state index contributed by atoms with van der Waals surface area (Å²) in [7, 11) is 1.64. The Morgan fingerprint density at radius 2 is 2.17 bits per heavy atom. The van der Waals surface area contributed by atoms with E-state index < -0.39 is 0 Å². The first-order chi connectivity index (χ1) is 11.2. The number of nitrogens with one attached hydrogen (secondary N) is 1. The highest BCUT2D eigenvalue weighted by molar-refractivity contribution is 5.97. The standard InChI is InChI=1S/C18H23N3O2/c1-23-17-7-5-6-15(12-17)8-9-20-14-16(13-19)18(22)21-10-3-2-4-11-21/h5-7,12,14,20H,2-4,8-11H2,1H3/b16-14-. The molecule has 1 N–H and O–H groups in total. The van der Waals surface area contributed by atoms with Crippen LogP contribution in [-0.2, 0) is 11.2 Å². The van der Waals surface area contributed by atoms with E-state index in [1.165, 1.54) is 6.20 Å². The van der Waals surface area contributed by atoms with Crippen molar-refractivity contribution in [3.63, 3.8) is 0 Å². The lowest BCUT2D eigenvalue weighted by molar-refractivity contribution is -0.127. The van der Waals surface area contributed by atoms with Crippen LogP contribution in [0.15, 0.2) is 36.0 Å². The summed E-state index contributed by atoms with van der Waals surface area (Å²) in [5.74, 6) is 0.664. The molecule has 1 aromatic carbocycles. The molecule has 23 heavy (non-hydrogen) atoms. The molecule has 0 radical (unpaired) electrons. The molecule has 1 saturated heterocycles. The van der Waals surface area contributed by atoms with E-state index in [1.807, 2.05) is 30.3 Å². The second-order valence-corrected chi connectivity index (χ2v) is 5.58. The second-order valence-electron chi connectivity index (χ2n) is 5.58. The summed E-state index contributed by atoms with van der Waals surface area (Å²) in [5, 5.41) is 12.3. The molecule has 122 valence electrons. The van der Waals surface area contributed by atoms with Gasteiger partial charge in [0.15, 0.2) is 0 Å². The molecule has 1 heterocycles. The Hall–Kier alpha value is -2.48. The number of methoxy groups -OCH3 is 1. The molecule has 5 nitrogen and oxygen atoms in total. The molecule has 0 aromatic heterocycles. The molecule has 1 fully saturated rings. The summed E-state index contributed by atoms with van der Waals surface area (Å²) < 4.78 is 5.19. The number of piperidine rings is 1. The van der Waals surface area contributed by atoms with Gasteiger partial charge in [0.05, 0.1) is 7.11 Å². The van der Waals surface area contributed by atoms with Crippen molar-refractivity contribution in [2.45, 2.75) is 25.7 Å². The molecule has 1 amide bonds. The molecular formula is C18H23N3O2. The van der Waals surface area contributed by atoms with Crippen molar-refractivity contribution in [2.75, 3.05) is 26.7 Å². The first-order valence-corrected chi connectivity index (χ1v) is 8.00. The van der Waals surface area contributed by atoms with Crippen LogP contribution in [0.2, 0.25) is 0 Å². The number of carbonyl (C=O) groups is 1. The molecule has 0 unspecified atom stereocenters. The molecule has 0 aliphatic carbocycles. The summed E-state index contributed by atoms with van der Waals surface area (Å²) >= 11 is 0. The van der Waals surface area contributed by atoms with Gasteiger partial charge in [-0.3, -0.25) is 4.79 Å². The number of hydrogen-bond donors (Lipinski definition) is 1. The van der Waals surface area contributed by atoms with Gasteiger partial charge in [-0.2, -0.15) is 5.26 Å². The van der Waals surface area contributed by atoms with Crippen LogP contribution in [0.1, 0.15) is 24.8 Å². The fourth-order valence-corrected chi connectivity index (χ4v) is 2.63. The van der Waals surface area contributed by atoms with Crippen LogP contribution in [0.3, 0.4) is 0 Å². The van der Waals surface area contributed by atoms with Gasteiger partial charge in [0.1, 0.15) is 17.4 Å². The van der Waals surface area contributed by atoms with Crippen molar-refractivity contribution < 1.29 is 9.53 Å². The Morgan fingerprint density at radius 3 is 2.87 bits per heavy atom. The lowest BCUT2D eigenvalue weighted by Gasteiger charge is -2.26. The number of nitriles is 1. The SMILES string of the molecule is COc1cccc(CCN/C=C(/C#N)C(=O)N2CCCCC2)c1. The first kappa shape index (κ1) is 16.9. The van der Waals surface area contributed by atoms with Crippen molar-refractivity contribution >= 4 is 5.91 Å². The largest absolute Gasteiger partial charge is 0.497 e. The highest BCUT2D eigenvalue weighted by Crippen LogP contribution is 2.13. The minimum absolute atomic E-state index is 0.166. The molecule has 1 aromatic rings. The minimum atomic E-state index is -0.166. The maximum atomic E-state index is 12.3. The van der Waals surface area contributed by atoms with E-state index in [2.05, 4.69) is 5.32 Å². The molecular weight excluding hydrogens is 290 g/mol. The van der Waals surface area contributed by atoms with Crippen LogP contribution < -0.4 is 10.1 Å². The molecule has 0 atom stereocenters. The molecule has 5 heteroatoms. The molecule has 0 bridgehead atoms. The number of nitrogens with zero attached hydrogens (tertiary/aromatic N) is 2. The summed E-state index contributed by atoms with van der Waals surface area (Å²) in [6.07, 6.45) is 5.54. The van der Waals surface area contributed by atoms with Crippen molar-refractivity contribution in [1.82, 2.24) is 10.2 Å². The van der Waals surface area contributed by atoms with Crippen molar-refractivity contribution in [2.24, 2.45) is 0 Å². The summed E-state index contributed by atoms with van der Waals surface area (Å²) in [5.41, 5.74) is 1.32. The van der Waals surface area contributed by atoms with Crippen LogP contribution in [0.5, 0.6) is 5.75 Å². The van der Waals surface area contributed by atoms with Gasteiger partial charge in [-0.15, -0.1) is 0 Å². The van der Waals surface area contributed by atoms with Gasteiger partial charge in [0, 0.05) is 25.8 Å². The lowest BCUT2D eigenvalue weighted by Crippen LogP contribution is -2.36. The number of hydrogen-bond acceptors (Lipinski definition) is 4. The highest BCUT2D eigenvalue weighted by atomic mass is 16.5. The van der Waals surface area contributed by atoms with Crippen LogP contribution in [-0.4, -0.2) is 37.6 Å². The topological polar surface area (TPSA) is 65.4 Å². The maximum absolute atomic E-state index is 12.3. The van der Waals surface area contributed by atoms with Gasteiger partial charge < -0.3 is 15.0 Å². The maximum Gasteiger partial charge on any atom is 0.265 e. The van der Waals surface area contributed by atoms with Gasteiger partial charge in [-0.05, 0) is 43.4 Å². The van der Waals surface area contributed by atoms with Gasteiger partial charge in [0.2, 0.25) is 0 Å². The fourth-order valence-electron chi connectivity index (χ4n) is 2.63. The molecule has 0 spiro atoms. The average Bonchev–Trinajstić information content (AvgIpc) is 2.62. The third-order valence-electron chi connectivity index (χ3n) is 3.93. The zero-order chi connectivity index (χ0) is 16.5. The average molecular weight is 313 g/mol. The lowest BCUT2D eigenvalue weighted by atomic mass is 10.1. The fraction of sp³-hybridized carbons (Fsp3) is 0.444. The van der Waals surface area contributed by atoms with Crippen LogP contribution >= 0.6 is 0 Å². The predicted octanol–water partition coefficient (Wildman–Crippen LogP) is 2.25. The van der Waals surface area contributed by atoms with E-state index in [0.29, 0.717) is 6.54 Å². The van der Waals surface area contributed by atoms with Crippen LogP contribution in [0.25, 0.3) is 0 Å². The highest BCUT2D eigenvalue weighted by Gasteiger charge is 2.19. The van der Waals surface area contributed by atoms with E-state index in [0.717, 1.165) is 50.1 Å². The Kier molecular flexibility index (Phi) is 6.49. The zero-order valence-corrected chi connectivity index (χ0v) is 13.5. The number of carbonyl (C=O) groups excluding carboxylic acids is 1. The third kappa shape index (κ3) is 5.03. The molecule has 1 aliphatic rings. The Labute approximate surface area is 137 Å². The normalized spacial score (nSPS) is 15.0. The Morgan fingerprint density at radius 1 is 1.39 bits per heavy atom. The summed E-state index contributed by atoms with van der Waals surface area (Å²) in [4.78, 5) is 14.0. The number of amides is 1. The summed E-state index contributed by atoms with van der Waals surface area (Å²) in [6.45, 7) is 2.16. The quantitative estimate of drug-likeness (QED) is 0.497. The van der Waals surface area contributed by atoms with Gasteiger partial charge in [-0.1, -0.05) is 12.1 Å². The van der Waals surface area contributed by atoms with Crippen molar-refractivity contribution in [1.29, 1.82) is 5.26 Å². The van der Waals surface area contributed by atoms with Crippen LogP contribution in [0.4, 0.5) is 0 Å². The predicted molar refractivity (Wildman–Crippen MR) is 88.8 cm³/mol. The summed E-state index contributed by atoms with van der Waals surface area (Å²) in [6, 6.07) is 9.86. The van der Waals surface area contributed by atoms with Crippen molar-refractivity contribution in [3.05, 3.63) is 41.6 Å². The van der Waals surface area contributed by atoms with Crippen LogP contribution in [0, 0.1) is 11.3 Å². The first-order valence-electron chi connectivity index (χ1n) is 8.00. The third-order valence-corrected chi connectivity index (χ3v) is 3.93. The van der Waals surface area contributed by atoms with E-state index in [-0.39, 0.29) is 11.5 Å². The van der Waals surface area contributed by atoms with E-state index in [1.54, 1.807) is 12.0 Å². The smallest absolute Gasteiger partial charge is 0.265 e. The minimum Gasteiger partial charge on any atom is -0.497 e. The van der Waals surface area contributed by atoms with E-state index >= 15 is 0 Å². The molecule has 0 saturated carbocycles. The number of likely N-dealkylation sites (tertiary alicyclic amines) is 1. The molecule has 1 aliphatic heterocycles. The van der Waals surface area contributed by atoms with Gasteiger partial charge in [-0.25, -0.2) is 0 Å². The zero-order valence-electron chi connectivity index (χ0n) is 13.5. The Bertz CT molecular complexity index is 599. The molecule has 2 rings (SSSR count).